The Labute approximate surface area is 122 Å². The molecule has 0 aliphatic carbocycles. The van der Waals surface area contributed by atoms with E-state index in [9.17, 15) is 17.6 Å². The smallest absolute Gasteiger partial charge is 0.318 e. The monoisotopic (exact) mass is 314 g/mol. The minimum atomic E-state index is -3.90. The Balaban J connectivity index is 3.08. The minimum Gasteiger partial charge on any atom is -0.480 e. The fourth-order valence-electron chi connectivity index (χ4n) is 1.78. The number of halogens is 1. The number of carbonyl (C=O) groups is 1. The lowest BCUT2D eigenvalue weighted by atomic mass is 10.1. The Kier molecular flexibility index (Phi) is 5.81. The predicted molar refractivity (Wildman–Crippen MR) is 73.2 cm³/mol. The zero-order valence-corrected chi connectivity index (χ0v) is 12.2. The molecule has 0 saturated heterocycles. The van der Waals surface area contributed by atoms with Crippen LogP contribution in [0.15, 0.2) is 18.2 Å². The largest absolute Gasteiger partial charge is 0.480 e. The Morgan fingerprint density at radius 2 is 2.14 bits per heavy atom. The van der Waals surface area contributed by atoms with E-state index < -0.39 is 34.1 Å². The molecule has 1 aromatic rings. The zero-order chi connectivity index (χ0) is 16.0. The first-order chi connectivity index (χ1) is 9.80. The second-order valence-corrected chi connectivity index (χ2v) is 6.37. The number of hydrogen-bond acceptors (Lipinski definition) is 4. The average Bonchev–Trinajstić information content (AvgIpc) is 2.39. The van der Waals surface area contributed by atoms with Gasteiger partial charge in [0.15, 0.2) is 0 Å². The van der Waals surface area contributed by atoms with Crippen molar-refractivity contribution in [3.05, 3.63) is 35.1 Å². The molecule has 0 amide bonds. The van der Waals surface area contributed by atoms with Crippen molar-refractivity contribution in [1.82, 2.24) is 4.31 Å². The van der Waals surface area contributed by atoms with E-state index in [4.69, 9.17) is 10.4 Å². The van der Waals surface area contributed by atoms with E-state index in [2.05, 4.69) is 0 Å². The third-order valence-corrected chi connectivity index (χ3v) is 4.48. The molecular formula is C13H15FN2O4S. The van der Waals surface area contributed by atoms with Crippen LogP contribution in [0.3, 0.4) is 0 Å². The third-order valence-electron chi connectivity index (χ3n) is 2.71. The molecule has 0 atom stereocenters. The Morgan fingerprint density at radius 1 is 1.48 bits per heavy atom. The van der Waals surface area contributed by atoms with Crippen molar-refractivity contribution in [3.8, 4) is 6.07 Å². The van der Waals surface area contributed by atoms with E-state index in [0.717, 1.165) is 16.4 Å². The van der Waals surface area contributed by atoms with Gasteiger partial charge in [0, 0.05) is 6.54 Å². The Hall–Kier alpha value is -1.98. The summed E-state index contributed by atoms with van der Waals surface area (Å²) in [5.74, 6) is -2.43. The van der Waals surface area contributed by atoms with Gasteiger partial charge in [-0.1, -0.05) is 13.0 Å². The maximum absolute atomic E-state index is 13.0. The van der Waals surface area contributed by atoms with Crippen LogP contribution in [0.2, 0.25) is 0 Å². The molecule has 21 heavy (non-hydrogen) atoms. The number of nitrogens with zero attached hydrogens (tertiary/aromatic N) is 2. The lowest BCUT2D eigenvalue weighted by Crippen LogP contribution is -2.37. The molecule has 114 valence electrons. The summed E-state index contributed by atoms with van der Waals surface area (Å²) in [5, 5.41) is 17.7. The van der Waals surface area contributed by atoms with Gasteiger partial charge < -0.3 is 5.11 Å². The first-order valence-electron chi connectivity index (χ1n) is 6.18. The van der Waals surface area contributed by atoms with Crippen LogP contribution in [0.4, 0.5) is 4.39 Å². The summed E-state index contributed by atoms with van der Waals surface area (Å²) in [4.78, 5) is 10.7. The van der Waals surface area contributed by atoms with Crippen LogP contribution in [-0.4, -0.2) is 36.9 Å². The maximum Gasteiger partial charge on any atom is 0.318 e. The summed E-state index contributed by atoms with van der Waals surface area (Å²) in [7, 11) is -3.90. The van der Waals surface area contributed by atoms with Gasteiger partial charge in [0.25, 0.3) is 0 Å². The highest BCUT2D eigenvalue weighted by Crippen LogP contribution is 2.16. The van der Waals surface area contributed by atoms with Gasteiger partial charge in [-0.15, -0.1) is 0 Å². The van der Waals surface area contributed by atoms with Gasteiger partial charge in [0.2, 0.25) is 10.0 Å². The number of aliphatic carboxylic acids is 1. The molecule has 0 bridgehead atoms. The maximum atomic E-state index is 13.0. The normalized spacial score (nSPS) is 11.3. The molecule has 1 rings (SSSR count). The van der Waals surface area contributed by atoms with E-state index >= 15 is 0 Å². The minimum absolute atomic E-state index is 0.0672. The number of benzene rings is 1. The van der Waals surface area contributed by atoms with Crippen LogP contribution in [0.25, 0.3) is 0 Å². The van der Waals surface area contributed by atoms with E-state index in [1.807, 2.05) is 0 Å². The van der Waals surface area contributed by atoms with Crippen LogP contribution in [0, 0.1) is 17.1 Å². The fourth-order valence-corrected chi connectivity index (χ4v) is 3.38. The number of sulfonamides is 1. The number of carboxylic acids is 1. The van der Waals surface area contributed by atoms with Crippen molar-refractivity contribution < 1.29 is 22.7 Å². The van der Waals surface area contributed by atoms with Crippen LogP contribution in [0.1, 0.15) is 24.5 Å². The lowest BCUT2D eigenvalue weighted by molar-refractivity contribution is -0.137. The molecule has 0 saturated carbocycles. The van der Waals surface area contributed by atoms with Crippen LogP contribution in [-0.2, 0) is 20.6 Å². The summed E-state index contributed by atoms with van der Waals surface area (Å²) < 4.78 is 38.4. The van der Waals surface area contributed by atoms with Gasteiger partial charge in [0.1, 0.15) is 12.4 Å². The lowest BCUT2D eigenvalue weighted by Gasteiger charge is -2.19. The highest BCUT2D eigenvalue weighted by Gasteiger charge is 2.25. The molecule has 0 aromatic heterocycles. The first kappa shape index (κ1) is 17.1. The molecule has 0 fully saturated rings. The molecule has 6 nitrogen and oxygen atoms in total. The summed E-state index contributed by atoms with van der Waals surface area (Å²) in [5.41, 5.74) is 0.0655. The van der Waals surface area contributed by atoms with Gasteiger partial charge in [-0.3, -0.25) is 4.79 Å². The molecule has 8 heteroatoms. The summed E-state index contributed by atoms with van der Waals surface area (Å²) >= 11 is 0. The van der Waals surface area contributed by atoms with Gasteiger partial charge in [-0.2, -0.15) is 9.57 Å². The quantitative estimate of drug-likeness (QED) is 0.818. The molecular weight excluding hydrogens is 299 g/mol. The van der Waals surface area contributed by atoms with Crippen LogP contribution < -0.4 is 0 Å². The second-order valence-electron chi connectivity index (χ2n) is 4.40. The molecule has 0 unspecified atom stereocenters. The van der Waals surface area contributed by atoms with E-state index in [-0.39, 0.29) is 17.7 Å². The zero-order valence-electron chi connectivity index (χ0n) is 11.4. The number of nitriles is 1. The SMILES string of the molecule is CCCN(CC(=O)O)S(=O)(=O)Cc1ccc(F)cc1C#N. The number of hydrogen-bond donors (Lipinski definition) is 1. The van der Waals surface area contributed by atoms with Gasteiger partial charge in [-0.05, 0) is 24.1 Å². The van der Waals surface area contributed by atoms with Crippen LogP contribution >= 0.6 is 0 Å². The summed E-state index contributed by atoms with van der Waals surface area (Å²) in [6.07, 6.45) is 0.459. The van der Waals surface area contributed by atoms with Crippen molar-refractivity contribution in [3.63, 3.8) is 0 Å². The average molecular weight is 314 g/mol. The van der Waals surface area contributed by atoms with Gasteiger partial charge in [0.05, 0.1) is 17.4 Å². The number of rotatable bonds is 7. The fraction of sp³-hybridized carbons (Fsp3) is 0.385. The standard InChI is InChI=1S/C13H15FN2O4S/c1-2-5-16(8-13(17)18)21(19,20)9-10-3-4-12(14)6-11(10)7-15/h3-4,6H,2,5,8-9H2,1H3,(H,17,18). The van der Waals surface area contributed by atoms with Crippen molar-refractivity contribution in [2.24, 2.45) is 0 Å². The molecule has 1 aromatic carbocycles. The first-order valence-corrected chi connectivity index (χ1v) is 7.79. The molecule has 1 N–H and O–H groups in total. The van der Waals surface area contributed by atoms with Crippen molar-refractivity contribution in [1.29, 1.82) is 5.26 Å². The van der Waals surface area contributed by atoms with E-state index in [1.165, 1.54) is 6.07 Å². The highest BCUT2D eigenvalue weighted by molar-refractivity contribution is 7.88. The Bertz CT molecular complexity index is 667. The van der Waals surface area contributed by atoms with Gasteiger partial charge >= 0.3 is 5.97 Å². The van der Waals surface area contributed by atoms with E-state index in [0.29, 0.717) is 6.42 Å². The second kappa shape index (κ2) is 7.15. The van der Waals surface area contributed by atoms with E-state index in [1.54, 1.807) is 13.0 Å². The van der Waals surface area contributed by atoms with Crippen molar-refractivity contribution in [2.75, 3.05) is 13.1 Å². The number of carboxylic acid groups (broad SMARTS) is 1. The molecule has 0 radical (unpaired) electrons. The highest BCUT2D eigenvalue weighted by atomic mass is 32.2. The van der Waals surface area contributed by atoms with Crippen molar-refractivity contribution in [2.45, 2.75) is 19.1 Å². The predicted octanol–water partition coefficient (Wildman–Crippen LogP) is 1.32. The topological polar surface area (TPSA) is 98.5 Å². The molecule has 0 spiro atoms. The van der Waals surface area contributed by atoms with Gasteiger partial charge in [-0.25, -0.2) is 12.8 Å². The summed E-state index contributed by atoms with van der Waals surface area (Å²) in [6.45, 7) is 1.15. The van der Waals surface area contributed by atoms with Crippen LogP contribution in [0.5, 0.6) is 0 Å². The molecule has 0 heterocycles. The Morgan fingerprint density at radius 3 is 2.67 bits per heavy atom. The third kappa shape index (κ3) is 4.81. The molecule has 0 aliphatic rings. The molecule has 0 aliphatic heterocycles. The van der Waals surface area contributed by atoms with Crippen molar-refractivity contribution >= 4 is 16.0 Å². The summed E-state index contributed by atoms with van der Waals surface area (Å²) in [6, 6.07) is 4.96.